The number of fused-ring (bicyclic) bond motifs is 1. The standard InChI is InChI=1S/C11H10F3N5O/c12-11(13,14)10(20)6-8(7-4-2-1-3-5-7)19-9(15-10)16-17-18-19/h1-5,8,20H,6H2,(H,15,16,18). The minimum atomic E-state index is -4.84. The first-order chi connectivity index (χ1) is 9.41. The highest BCUT2D eigenvalue weighted by atomic mass is 19.4. The van der Waals surface area contributed by atoms with E-state index in [0.717, 1.165) is 0 Å². The van der Waals surface area contributed by atoms with Crippen LogP contribution in [0.15, 0.2) is 30.3 Å². The number of tetrazole rings is 1. The van der Waals surface area contributed by atoms with Crippen LogP contribution in [-0.2, 0) is 0 Å². The van der Waals surface area contributed by atoms with Gasteiger partial charge in [-0.2, -0.15) is 13.2 Å². The van der Waals surface area contributed by atoms with E-state index in [1.54, 1.807) is 30.3 Å². The van der Waals surface area contributed by atoms with Crippen molar-refractivity contribution in [3.63, 3.8) is 0 Å². The van der Waals surface area contributed by atoms with Gasteiger partial charge in [-0.3, -0.25) is 0 Å². The molecule has 1 aromatic heterocycles. The first kappa shape index (κ1) is 12.9. The minimum absolute atomic E-state index is 0.218. The summed E-state index contributed by atoms with van der Waals surface area (Å²) in [5.41, 5.74) is -2.47. The predicted octanol–water partition coefficient (Wildman–Crippen LogP) is 1.33. The van der Waals surface area contributed by atoms with Crippen molar-refractivity contribution in [2.75, 3.05) is 5.32 Å². The number of anilines is 1. The number of alkyl halides is 3. The van der Waals surface area contributed by atoms with Gasteiger partial charge in [-0.25, -0.2) is 4.68 Å². The monoisotopic (exact) mass is 285 g/mol. The molecule has 0 saturated carbocycles. The largest absolute Gasteiger partial charge is 0.436 e. The molecule has 0 bridgehead atoms. The van der Waals surface area contributed by atoms with E-state index >= 15 is 0 Å². The number of nitrogens with one attached hydrogen (secondary N) is 1. The average molecular weight is 285 g/mol. The second kappa shape index (κ2) is 4.17. The smallest absolute Gasteiger partial charge is 0.363 e. The Morgan fingerprint density at radius 3 is 2.65 bits per heavy atom. The summed E-state index contributed by atoms with van der Waals surface area (Å²) in [6.07, 6.45) is -5.45. The van der Waals surface area contributed by atoms with Crippen LogP contribution in [0.2, 0.25) is 0 Å². The average Bonchev–Trinajstić information content (AvgIpc) is 2.85. The van der Waals surface area contributed by atoms with Crippen molar-refractivity contribution in [2.24, 2.45) is 0 Å². The SMILES string of the molecule is OC1(C(F)(F)F)CC(c2ccccc2)n2nnnc2N1. The number of aliphatic hydroxyl groups is 1. The third-order valence-corrected chi connectivity index (χ3v) is 3.25. The summed E-state index contributed by atoms with van der Waals surface area (Å²) < 4.78 is 40.3. The second-order valence-corrected chi connectivity index (χ2v) is 4.56. The summed E-state index contributed by atoms with van der Waals surface area (Å²) in [5.74, 6) is -0.218. The van der Waals surface area contributed by atoms with E-state index in [1.807, 2.05) is 5.32 Å². The molecule has 6 nitrogen and oxygen atoms in total. The van der Waals surface area contributed by atoms with Gasteiger partial charge in [-0.05, 0) is 16.0 Å². The van der Waals surface area contributed by atoms with Crippen LogP contribution in [0.25, 0.3) is 0 Å². The van der Waals surface area contributed by atoms with Crippen LogP contribution < -0.4 is 5.32 Å². The number of benzene rings is 1. The Balaban J connectivity index is 2.07. The summed E-state index contributed by atoms with van der Waals surface area (Å²) >= 11 is 0. The minimum Gasteiger partial charge on any atom is -0.363 e. The van der Waals surface area contributed by atoms with Gasteiger partial charge in [-0.1, -0.05) is 35.4 Å². The molecule has 20 heavy (non-hydrogen) atoms. The zero-order valence-electron chi connectivity index (χ0n) is 10.0. The van der Waals surface area contributed by atoms with Crippen molar-refractivity contribution in [1.82, 2.24) is 20.2 Å². The van der Waals surface area contributed by atoms with Crippen molar-refractivity contribution in [3.05, 3.63) is 35.9 Å². The molecule has 0 aliphatic carbocycles. The zero-order chi connectivity index (χ0) is 14.4. The summed E-state index contributed by atoms with van der Waals surface area (Å²) in [5, 5.41) is 22.3. The molecule has 0 saturated heterocycles. The summed E-state index contributed by atoms with van der Waals surface area (Å²) in [4.78, 5) is 0. The van der Waals surface area contributed by atoms with Gasteiger partial charge < -0.3 is 10.4 Å². The van der Waals surface area contributed by atoms with Crippen LogP contribution in [-0.4, -0.2) is 37.2 Å². The molecular weight excluding hydrogens is 275 g/mol. The lowest BCUT2D eigenvalue weighted by Gasteiger charge is -2.38. The summed E-state index contributed by atoms with van der Waals surface area (Å²) in [7, 11) is 0. The Morgan fingerprint density at radius 1 is 1.30 bits per heavy atom. The molecule has 2 atom stereocenters. The van der Waals surface area contributed by atoms with Gasteiger partial charge in [0.25, 0.3) is 0 Å². The van der Waals surface area contributed by atoms with E-state index in [9.17, 15) is 18.3 Å². The van der Waals surface area contributed by atoms with Gasteiger partial charge in [0, 0.05) is 6.42 Å². The van der Waals surface area contributed by atoms with Crippen LogP contribution in [0.5, 0.6) is 0 Å². The van der Waals surface area contributed by atoms with Gasteiger partial charge in [0.05, 0.1) is 6.04 Å². The molecule has 1 aromatic carbocycles. The molecule has 0 spiro atoms. The zero-order valence-corrected chi connectivity index (χ0v) is 10.0. The fourth-order valence-corrected chi connectivity index (χ4v) is 2.21. The lowest BCUT2D eigenvalue weighted by Crippen LogP contribution is -2.56. The van der Waals surface area contributed by atoms with E-state index in [2.05, 4.69) is 15.5 Å². The van der Waals surface area contributed by atoms with Crippen molar-refractivity contribution in [3.8, 4) is 0 Å². The van der Waals surface area contributed by atoms with Crippen LogP contribution in [0.4, 0.5) is 19.1 Å². The molecule has 0 radical (unpaired) electrons. The lowest BCUT2D eigenvalue weighted by molar-refractivity contribution is -0.255. The molecule has 2 heterocycles. The van der Waals surface area contributed by atoms with Crippen LogP contribution in [0, 0.1) is 0 Å². The third-order valence-electron chi connectivity index (χ3n) is 3.25. The molecule has 2 unspecified atom stereocenters. The first-order valence-electron chi connectivity index (χ1n) is 5.81. The number of halogens is 3. The Kier molecular flexibility index (Phi) is 2.68. The molecule has 0 amide bonds. The predicted molar refractivity (Wildman–Crippen MR) is 61.6 cm³/mol. The van der Waals surface area contributed by atoms with Crippen molar-refractivity contribution in [1.29, 1.82) is 0 Å². The highest BCUT2D eigenvalue weighted by molar-refractivity contribution is 5.35. The molecule has 2 N–H and O–H groups in total. The van der Waals surface area contributed by atoms with Crippen molar-refractivity contribution < 1.29 is 18.3 Å². The highest BCUT2D eigenvalue weighted by Gasteiger charge is 2.58. The second-order valence-electron chi connectivity index (χ2n) is 4.56. The fourth-order valence-electron chi connectivity index (χ4n) is 2.21. The molecule has 1 aliphatic rings. The van der Waals surface area contributed by atoms with E-state index in [4.69, 9.17) is 0 Å². The molecule has 3 rings (SSSR count). The van der Waals surface area contributed by atoms with Gasteiger partial charge >= 0.3 is 6.18 Å². The van der Waals surface area contributed by atoms with Crippen LogP contribution >= 0.6 is 0 Å². The van der Waals surface area contributed by atoms with E-state index in [1.165, 1.54) is 4.68 Å². The van der Waals surface area contributed by atoms with Crippen molar-refractivity contribution >= 4 is 5.95 Å². The normalized spacial score (nSPS) is 25.9. The summed E-state index contributed by atoms with van der Waals surface area (Å²) in [6, 6.07) is 7.69. The Morgan fingerprint density at radius 2 is 2.00 bits per heavy atom. The van der Waals surface area contributed by atoms with E-state index in [-0.39, 0.29) is 5.95 Å². The molecule has 2 aromatic rings. The maximum Gasteiger partial charge on any atom is 0.436 e. The Bertz CT molecular complexity index is 614. The van der Waals surface area contributed by atoms with Gasteiger partial charge in [-0.15, -0.1) is 0 Å². The maximum absolute atomic E-state index is 13.0. The van der Waals surface area contributed by atoms with Crippen LogP contribution in [0.1, 0.15) is 18.0 Å². The number of hydrogen-bond donors (Lipinski definition) is 2. The van der Waals surface area contributed by atoms with Gasteiger partial charge in [0.1, 0.15) is 0 Å². The van der Waals surface area contributed by atoms with Gasteiger partial charge in [0.15, 0.2) is 0 Å². The number of nitrogens with zero attached hydrogens (tertiary/aromatic N) is 4. The summed E-state index contributed by atoms with van der Waals surface area (Å²) in [6.45, 7) is 0. The highest BCUT2D eigenvalue weighted by Crippen LogP contribution is 2.42. The molecule has 0 fully saturated rings. The van der Waals surface area contributed by atoms with E-state index in [0.29, 0.717) is 5.56 Å². The third kappa shape index (κ3) is 1.90. The van der Waals surface area contributed by atoms with E-state index < -0.39 is 24.4 Å². The molecular formula is C11H10F3N5O. The van der Waals surface area contributed by atoms with Crippen LogP contribution in [0.3, 0.4) is 0 Å². The molecule has 106 valence electrons. The molecule has 1 aliphatic heterocycles. The fraction of sp³-hybridized carbons (Fsp3) is 0.364. The van der Waals surface area contributed by atoms with Crippen molar-refractivity contribution in [2.45, 2.75) is 24.4 Å². The topological polar surface area (TPSA) is 75.9 Å². The quantitative estimate of drug-likeness (QED) is 0.826. The number of rotatable bonds is 1. The Labute approximate surface area is 111 Å². The first-order valence-corrected chi connectivity index (χ1v) is 5.81. The van der Waals surface area contributed by atoms with Gasteiger partial charge in [0.2, 0.25) is 11.7 Å². The lowest BCUT2D eigenvalue weighted by atomic mass is 9.95. The number of hydrogen-bond acceptors (Lipinski definition) is 5. The maximum atomic E-state index is 13.0. The molecule has 9 heteroatoms. The number of aromatic nitrogens is 4. The Hall–Kier alpha value is -2.16.